The summed E-state index contributed by atoms with van der Waals surface area (Å²) in [6, 6.07) is 5.35. The van der Waals surface area contributed by atoms with Gasteiger partial charge in [-0.15, -0.1) is 0 Å². The molecule has 1 aromatic heterocycles. The van der Waals surface area contributed by atoms with Crippen molar-refractivity contribution in [3.8, 4) is 0 Å². The zero-order valence-corrected chi connectivity index (χ0v) is 14.1. The number of aliphatic imine (C=N–C) groups is 1. The highest BCUT2D eigenvalue weighted by Gasteiger charge is 2.10. The van der Waals surface area contributed by atoms with E-state index in [9.17, 15) is 0 Å². The van der Waals surface area contributed by atoms with Crippen molar-refractivity contribution < 1.29 is 0 Å². The molecular weight excluding hydrogens is 321 g/mol. The fourth-order valence-electron chi connectivity index (χ4n) is 2.10. The minimum atomic E-state index is -0.0492. The fourth-order valence-corrected chi connectivity index (χ4v) is 2.68. The van der Waals surface area contributed by atoms with Gasteiger partial charge in [0.1, 0.15) is 0 Å². The molecule has 22 heavy (non-hydrogen) atoms. The number of benzene rings is 1. The smallest absolute Gasteiger partial charge is 0.189 e. The first kappa shape index (κ1) is 16.6. The van der Waals surface area contributed by atoms with E-state index in [1.807, 2.05) is 32.4 Å². The number of aryl methyl sites for hydroxylation is 1. The molecule has 0 aliphatic heterocycles. The molecule has 1 aromatic carbocycles. The van der Waals surface area contributed by atoms with Crippen LogP contribution in [0, 0.1) is 0 Å². The molecule has 1 heterocycles. The molecule has 0 saturated carbocycles. The first-order valence-corrected chi connectivity index (χ1v) is 7.70. The molecule has 7 heteroatoms. The van der Waals surface area contributed by atoms with Gasteiger partial charge in [-0.05, 0) is 36.6 Å². The molecule has 0 radical (unpaired) electrons. The summed E-state index contributed by atoms with van der Waals surface area (Å²) in [5.41, 5.74) is 7.97. The predicted octanol–water partition coefficient (Wildman–Crippen LogP) is 2.93. The summed E-state index contributed by atoms with van der Waals surface area (Å²) in [7, 11) is 1.89. The van der Waals surface area contributed by atoms with Crippen LogP contribution in [-0.4, -0.2) is 22.3 Å². The lowest BCUT2D eigenvalue weighted by Crippen LogP contribution is -2.34. The lowest BCUT2D eigenvalue weighted by Gasteiger charge is -2.16. The molecule has 5 nitrogen and oxygen atoms in total. The van der Waals surface area contributed by atoms with Crippen molar-refractivity contribution in [3.63, 3.8) is 0 Å². The molecule has 0 fully saturated rings. The third kappa shape index (κ3) is 4.64. The van der Waals surface area contributed by atoms with Crippen LogP contribution in [-0.2, 0) is 13.5 Å². The van der Waals surface area contributed by atoms with Crippen LogP contribution in [0.15, 0.2) is 35.6 Å². The lowest BCUT2D eigenvalue weighted by atomic mass is 10.1. The molecule has 0 amide bonds. The molecular formula is C15H19Cl2N5. The van der Waals surface area contributed by atoms with Crippen molar-refractivity contribution in [3.05, 3.63) is 51.8 Å². The van der Waals surface area contributed by atoms with Gasteiger partial charge in [-0.25, -0.2) is 0 Å². The average Bonchev–Trinajstić information content (AvgIpc) is 2.84. The molecule has 118 valence electrons. The number of nitrogens with zero attached hydrogens (tertiary/aromatic N) is 3. The van der Waals surface area contributed by atoms with E-state index in [4.69, 9.17) is 28.9 Å². The minimum Gasteiger partial charge on any atom is -0.370 e. The Kier molecular flexibility index (Phi) is 5.69. The third-order valence-electron chi connectivity index (χ3n) is 3.23. The van der Waals surface area contributed by atoms with Crippen LogP contribution in [0.2, 0.25) is 10.0 Å². The number of nitrogens with two attached hydrogens (primary N) is 1. The highest BCUT2D eigenvalue weighted by Crippen LogP contribution is 2.25. The molecule has 2 aromatic rings. The summed E-state index contributed by atoms with van der Waals surface area (Å²) in [6.07, 6.45) is 4.59. The van der Waals surface area contributed by atoms with Gasteiger partial charge in [0.2, 0.25) is 0 Å². The second-order valence-electron chi connectivity index (χ2n) is 5.07. The Hall–Kier alpha value is -1.72. The summed E-state index contributed by atoms with van der Waals surface area (Å²) in [6.45, 7) is 2.57. The monoisotopic (exact) mass is 339 g/mol. The molecule has 0 saturated heterocycles. The average molecular weight is 340 g/mol. The molecule has 3 N–H and O–H groups in total. The number of aromatic nitrogens is 2. The molecule has 0 bridgehead atoms. The van der Waals surface area contributed by atoms with Crippen LogP contribution in [0.1, 0.15) is 24.1 Å². The van der Waals surface area contributed by atoms with Gasteiger partial charge in [-0.3, -0.25) is 9.67 Å². The van der Waals surface area contributed by atoms with Gasteiger partial charge >= 0.3 is 0 Å². The number of hydrogen-bond acceptors (Lipinski definition) is 2. The fraction of sp³-hybridized carbons (Fsp3) is 0.333. The first-order chi connectivity index (χ1) is 10.5. The number of rotatable bonds is 5. The van der Waals surface area contributed by atoms with Crippen LogP contribution >= 0.6 is 23.2 Å². The van der Waals surface area contributed by atoms with Gasteiger partial charge in [0.15, 0.2) is 5.96 Å². The van der Waals surface area contributed by atoms with Crippen molar-refractivity contribution in [2.45, 2.75) is 19.4 Å². The zero-order valence-electron chi connectivity index (χ0n) is 12.6. The summed E-state index contributed by atoms with van der Waals surface area (Å²) < 4.78 is 1.77. The van der Waals surface area contributed by atoms with Crippen LogP contribution < -0.4 is 11.1 Å². The zero-order chi connectivity index (χ0) is 16.1. The molecule has 1 unspecified atom stereocenters. The number of guanidine groups is 1. The molecule has 0 spiro atoms. The quantitative estimate of drug-likeness (QED) is 0.650. The van der Waals surface area contributed by atoms with Crippen LogP contribution in [0.3, 0.4) is 0 Å². The van der Waals surface area contributed by atoms with Crippen molar-refractivity contribution in [2.24, 2.45) is 17.8 Å². The summed E-state index contributed by atoms with van der Waals surface area (Å²) >= 11 is 12.1. The highest BCUT2D eigenvalue weighted by molar-refractivity contribution is 6.35. The Morgan fingerprint density at radius 2 is 2.23 bits per heavy atom. The SMILES string of the molecule is CC(NC(N)=NCCc1cnn(C)c1)c1ccc(Cl)cc1Cl. The maximum Gasteiger partial charge on any atom is 0.189 e. The summed E-state index contributed by atoms with van der Waals surface area (Å²) in [4.78, 5) is 4.32. The first-order valence-electron chi connectivity index (χ1n) is 6.94. The Bertz CT molecular complexity index is 666. The van der Waals surface area contributed by atoms with E-state index < -0.39 is 0 Å². The van der Waals surface area contributed by atoms with E-state index in [1.54, 1.807) is 16.8 Å². The Morgan fingerprint density at radius 3 is 2.86 bits per heavy atom. The van der Waals surface area contributed by atoms with Gasteiger partial charge in [-0.2, -0.15) is 5.10 Å². The molecule has 1 atom stereocenters. The van der Waals surface area contributed by atoms with Crippen molar-refractivity contribution in [2.75, 3.05) is 6.54 Å². The van der Waals surface area contributed by atoms with Crippen LogP contribution in [0.4, 0.5) is 0 Å². The maximum atomic E-state index is 6.18. The second kappa shape index (κ2) is 7.51. The standard InChI is InChI=1S/C15H19Cl2N5/c1-10(13-4-3-12(16)7-14(13)17)21-15(18)19-6-5-11-8-20-22(2)9-11/h3-4,7-10H,5-6H2,1-2H3,(H3,18,19,21). The highest BCUT2D eigenvalue weighted by atomic mass is 35.5. The summed E-state index contributed by atoms with van der Waals surface area (Å²) in [5, 5.41) is 8.46. The van der Waals surface area contributed by atoms with Crippen molar-refractivity contribution >= 4 is 29.2 Å². The molecule has 0 aliphatic carbocycles. The number of nitrogens with one attached hydrogen (secondary N) is 1. The lowest BCUT2D eigenvalue weighted by molar-refractivity contribution is 0.707. The van der Waals surface area contributed by atoms with Gasteiger partial charge in [-0.1, -0.05) is 29.3 Å². The second-order valence-corrected chi connectivity index (χ2v) is 5.91. The van der Waals surface area contributed by atoms with Gasteiger partial charge in [0, 0.05) is 29.8 Å². The van der Waals surface area contributed by atoms with E-state index in [1.165, 1.54) is 0 Å². The normalized spacial score (nSPS) is 13.2. The van der Waals surface area contributed by atoms with E-state index in [0.717, 1.165) is 17.5 Å². The van der Waals surface area contributed by atoms with Crippen molar-refractivity contribution in [1.29, 1.82) is 0 Å². The Labute approximate surface area is 140 Å². The van der Waals surface area contributed by atoms with E-state index >= 15 is 0 Å². The topological polar surface area (TPSA) is 68.2 Å². The number of halogens is 2. The van der Waals surface area contributed by atoms with Crippen LogP contribution in [0.25, 0.3) is 0 Å². The third-order valence-corrected chi connectivity index (χ3v) is 3.80. The summed E-state index contributed by atoms with van der Waals surface area (Å²) in [5.74, 6) is 0.391. The van der Waals surface area contributed by atoms with Crippen LogP contribution in [0.5, 0.6) is 0 Å². The van der Waals surface area contributed by atoms with E-state index in [-0.39, 0.29) is 6.04 Å². The maximum absolute atomic E-state index is 6.18. The predicted molar refractivity (Wildman–Crippen MR) is 91.4 cm³/mol. The molecule has 2 rings (SSSR count). The van der Waals surface area contributed by atoms with E-state index in [0.29, 0.717) is 22.5 Å². The van der Waals surface area contributed by atoms with Gasteiger partial charge in [0.05, 0.1) is 12.2 Å². The number of hydrogen-bond donors (Lipinski definition) is 2. The van der Waals surface area contributed by atoms with E-state index in [2.05, 4.69) is 15.4 Å². The van der Waals surface area contributed by atoms with Gasteiger partial charge in [0.25, 0.3) is 0 Å². The molecule has 0 aliphatic rings. The van der Waals surface area contributed by atoms with Crippen molar-refractivity contribution in [1.82, 2.24) is 15.1 Å². The van der Waals surface area contributed by atoms with Gasteiger partial charge < -0.3 is 11.1 Å². The largest absolute Gasteiger partial charge is 0.370 e. The Balaban J connectivity index is 1.89. The minimum absolute atomic E-state index is 0.0492. The Morgan fingerprint density at radius 1 is 1.45 bits per heavy atom.